The van der Waals surface area contributed by atoms with E-state index in [9.17, 15) is 5.21 Å². The zero-order chi connectivity index (χ0) is 12.0. The van der Waals surface area contributed by atoms with E-state index < -0.39 is 5.54 Å². The van der Waals surface area contributed by atoms with Crippen LogP contribution in [-0.2, 0) is 11.3 Å². The summed E-state index contributed by atoms with van der Waals surface area (Å²) < 4.78 is 6.32. The van der Waals surface area contributed by atoms with Crippen molar-refractivity contribution >= 4 is 6.21 Å². The van der Waals surface area contributed by atoms with E-state index in [0.29, 0.717) is 13.2 Å². The van der Waals surface area contributed by atoms with Crippen LogP contribution in [0.4, 0.5) is 0 Å². The second kappa shape index (κ2) is 5.66. The van der Waals surface area contributed by atoms with Crippen LogP contribution < -0.4 is 0 Å². The van der Waals surface area contributed by atoms with Gasteiger partial charge in [0.25, 0.3) is 0 Å². The maximum atomic E-state index is 11.5. The quantitative estimate of drug-likeness (QED) is 0.257. The van der Waals surface area contributed by atoms with Crippen LogP contribution in [-0.4, -0.2) is 23.1 Å². The first kappa shape index (κ1) is 12.7. The molecule has 0 aliphatic carbocycles. The van der Waals surface area contributed by atoms with Crippen molar-refractivity contribution in [3.63, 3.8) is 0 Å². The molecule has 88 valence electrons. The lowest BCUT2D eigenvalue weighted by Crippen LogP contribution is -2.30. The Morgan fingerprint density at radius 3 is 2.44 bits per heavy atom. The molecule has 0 aliphatic rings. The van der Waals surface area contributed by atoms with E-state index in [1.165, 1.54) is 6.21 Å². The van der Waals surface area contributed by atoms with Crippen LogP contribution in [0.3, 0.4) is 0 Å². The lowest BCUT2D eigenvalue weighted by atomic mass is 10.1. The maximum absolute atomic E-state index is 11.5. The molecule has 0 saturated heterocycles. The van der Waals surface area contributed by atoms with Crippen molar-refractivity contribution in [2.45, 2.75) is 32.9 Å². The highest BCUT2D eigenvalue weighted by molar-refractivity contribution is 5.52. The Morgan fingerprint density at radius 1 is 1.25 bits per heavy atom. The standard InChI is InChI=1S/C13H19NO2/c1-13(2,3)14(15)9-10-16-11-12-7-5-4-6-8-12/h4-9H,10-11H2,1-3H3/b14-9-. The molecule has 0 heterocycles. The molecule has 16 heavy (non-hydrogen) atoms. The minimum absolute atomic E-state index is 0.343. The summed E-state index contributed by atoms with van der Waals surface area (Å²) in [6.07, 6.45) is 1.53. The van der Waals surface area contributed by atoms with E-state index in [0.717, 1.165) is 10.3 Å². The first-order valence-corrected chi connectivity index (χ1v) is 5.41. The highest BCUT2D eigenvalue weighted by Gasteiger charge is 2.17. The molecule has 3 heteroatoms. The highest BCUT2D eigenvalue weighted by atomic mass is 16.5. The monoisotopic (exact) mass is 221 g/mol. The molecule has 0 radical (unpaired) electrons. The largest absolute Gasteiger partial charge is 0.624 e. The molecule has 1 rings (SSSR count). The molecule has 3 nitrogen and oxygen atoms in total. The van der Waals surface area contributed by atoms with E-state index in [1.807, 2.05) is 51.1 Å². The fraction of sp³-hybridized carbons (Fsp3) is 0.462. The molecule has 0 atom stereocenters. The van der Waals surface area contributed by atoms with Gasteiger partial charge < -0.3 is 9.94 Å². The molecular formula is C13H19NO2. The minimum Gasteiger partial charge on any atom is -0.624 e. The summed E-state index contributed by atoms with van der Waals surface area (Å²) in [5.41, 5.74) is 0.722. The summed E-state index contributed by atoms with van der Waals surface area (Å²) in [6.45, 7) is 6.49. The van der Waals surface area contributed by atoms with Gasteiger partial charge in [0, 0.05) is 20.8 Å². The van der Waals surface area contributed by atoms with Crippen LogP contribution in [0.2, 0.25) is 0 Å². The minimum atomic E-state index is -0.393. The summed E-state index contributed by atoms with van der Waals surface area (Å²) in [7, 11) is 0. The summed E-state index contributed by atoms with van der Waals surface area (Å²) in [5.74, 6) is 0. The van der Waals surface area contributed by atoms with Crippen molar-refractivity contribution in [1.29, 1.82) is 0 Å². The predicted molar refractivity (Wildman–Crippen MR) is 65.5 cm³/mol. The molecule has 0 spiro atoms. The molecule has 0 fully saturated rings. The molecule has 0 aliphatic heterocycles. The zero-order valence-electron chi connectivity index (χ0n) is 10.1. The number of rotatable bonds is 4. The Hall–Kier alpha value is -1.35. The van der Waals surface area contributed by atoms with Crippen molar-refractivity contribution in [2.75, 3.05) is 6.61 Å². The van der Waals surface area contributed by atoms with Crippen LogP contribution in [0.5, 0.6) is 0 Å². The topological polar surface area (TPSA) is 35.3 Å². The van der Waals surface area contributed by atoms with Gasteiger partial charge in [-0.15, -0.1) is 0 Å². The van der Waals surface area contributed by atoms with Crippen molar-refractivity contribution in [3.05, 3.63) is 41.1 Å². The maximum Gasteiger partial charge on any atom is 0.177 e. The van der Waals surface area contributed by atoms with Crippen molar-refractivity contribution in [1.82, 2.24) is 0 Å². The van der Waals surface area contributed by atoms with Crippen LogP contribution >= 0.6 is 0 Å². The Kier molecular flexibility index (Phi) is 4.50. The smallest absolute Gasteiger partial charge is 0.177 e. The molecule has 0 amide bonds. The third-order valence-corrected chi connectivity index (χ3v) is 2.13. The van der Waals surface area contributed by atoms with E-state index in [4.69, 9.17) is 4.74 Å². The molecule has 0 aromatic heterocycles. The SMILES string of the molecule is CC(C)(C)/[N+]([O-])=C/COCc1ccccc1. The number of benzene rings is 1. The van der Waals surface area contributed by atoms with Gasteiger partial charge in [0.2, 0.25) is 0 Å². The van der Waals surface area contributed by atoms with Crippen LogP contribution in [0, 0.1) is 5.21 Å². The molecule has 0 saturated carbocycles. The molecule has 1 aromatic rings. The van der Waals surface area contributed by atoms with Gasteiger partial charge in [-0.3, -0.25) is 0 Å². The second-order valence-electron chi connectivity index (χ2n) is 4.68. The third kappa shape index (κ3) is 4.45. The highest BCUT2D eigenvalue weighted by Crippen LogP contribution is 2.04. The Morgan fingerprint density at radius 2 is 1.88 bits per heavy atom. The lowest BCUT2D eigenvalue weighted by molar-refractivity contribution is -0.532. The number of hydroxylamine groups is 1. The van der Waals surface area contributed by atoms with E-state index in [1.54, 1.807) is 0 Å². The van der Waals surface area contributed by atoms with Gasteiger partial charge >= 0.3 is 0 Å². The van der Waals surface area contributed by atoms with E-state index in [-0.39, 0.29) is 0 Å². The van der Waals surface area contributed by atoms with Gasteiger partial charge in [0.15, 0.2) is 11.8 Å². The van der Waals surface area contributed by atoms with Gasteiger partial charge in [0.05, 0.1) is 6.61 Å². The van der Waals surface area contributed by atoms with Crippen LogP contribution in [0.1, 0.15) is 26.3 Å². The number of hydrogen-bond acceptors (Lipinski definition) is 2. The number of hydrogen-bond donors (Lipinski definition) is 0. The summed E-state index contributed by atoms with van der Waals surface area (Å²) >= 11 is 0. The fourth-order valence-electron chi connectivity index (χ4n) is 1.15. The zero-order valence-corrected chi connectivity index (χ0v) is 10.1. The fourth-order valence-corrected chi connectivity index (χ4v) is 1.15. The average molecular weight is 221 g/mol. The first-order chi connectivity index (χ1) is 7.50. The van der Waals surface area contributed by atoms with Gasteiger partial charge in [-0.1, -0.05) is 30.3 Å². The molecule has 0 bridgehead atoms. The lowest BCUT2D eigenvalue weighted by Gasteiger charge is -2.18. The van der Waals surface area contributed by atoms with E-state index in [2.05, 4.69) is 0 Å². The van der Waals surface area contributed by atoms with Gasteiger partial charge in [0.1, 0.15) is 6.61 Å². The Labute approximate surface area is 97.0 Å². The normalized spacial score (nSPS) is 12.8. The molecule has 1 aromatic carbocycles. The third-order valence-electron chi connectivity index (χ3n) is 2.13. The Bertz CT molecular complexity index is 339. The van der Waals surface area contributed by atoms with Crippen molar-refractivity contribution < 1.29 is 9.48 Å². The molecular weight excluding hydrogens is 202 g/mol. The number of nitrogens with zero attached hydrogens (tertiary/aromatic N) is 1. The first-order valence-electron chi connectivity index (χ1n) is 5.41. The second-order valence-corrected chi connectivity index (χ2v) is 4.68. The Balaban J connectivity index is 2.32. The summed E-state index contributed by atoms with van der Waals surface area (Å²) in [4.78, 5) is 0. The van der Waals surface area contributed by atoms with E-state index >= 15 is 0 Å². The molecule has 0 unspecified atom stereocenters. The number of ether oxygens (including phenoxy) is 1. The van der Waals surface area contributed by atoms with Crippen LogP contribution in [0.15, 0.2) is 30.3 Å². The molecule has 0 N–H and O–H groups in total. The van der Waals surface area contributed by atoms with Crippen molar-refractivity contribution in [3.8, 4) is 0 Å². The summed E-state index contributed by atoms with van der Waals surface area (Å²) in [5, 5.41) is 11.5. The van der Waals surface area contributed by atoms with Crippen LogP contribution in [0.25, 0.3) is 0 Å². The summed E-state index contributed by atoms with van der Waals surface area (Å²) in [6, 6.07) is 9.90. The van der Waals surface area contributed by atoms with Gasteiger partial charge in [-0.2, -0.15) is 0 Å². The average Bonchev–Trinajstić information content (AvgIpc) is 2.24. The van der Waals surface area contributed by atoms with Gasteiger partial charge in [-0.25, -0.2) is 4.74 Å². The predicted octanol–water partition coefficient (Wildman–Crippen LogP) is 2.58. The van der Waals surface area contributed by atoms with Gasteiger partial charge in [-0.05, 0) is 5.56 Å². The van der Waals surface area contributed by atoms with Crippen molar-refractivity contribution in [2.24, 2.45) is 0 Å².